The minimum absolute atomic E-state index is 0.0973. The van der Waals surface area contributed by atoms with Crippen molar-refractivity contribution in [1.29, 1.82) is 0 Å². The van der Waals surface area contributed by atoms with E-state index >= 15 is 0 Å². The van der Waals surface area contributed by atoms with Crippen LogP contribution in [0, 0.1) is 0 Å². The zero-order valence-corrected chi connectivity index (χ0v) is 13.7. The third-order valence-corrected chi connectivity index (χ3v) is 3.66. The van der Waals surface area contributed by atoms with Gasteiger partial charge in [0, 0.05) is 22.1 Å². The minimum atomic E-state index is -0.0973. The first kappa shape index (κ1) is 15.8. The lowest BCUT2D eigenvalue weighted by Gasteiger charge is -2.03. The minimum Gasteiger partial charge on any atom is -0.352 e. The monoisotopic (exact) mass is 363 g/mol. The molecule has 1 N–H and O–H groups in total. The van der Waals surface area contributed by atoms with Crippen molar-refractivity contribution in [2.75, 3.05) is 6.54 Å². The number of nitrogens with one attached hydrogen (secondary N) is 1. The Labute approximate surface area is 138 Å². The number of benzene rings is 2. The molecular formula is C17H15BrClNO. The van der Waals surface area contributed by atoms with Gasteiger partial charge in [-0.25, -0.2) is 0 Å². The van der Waals surface area contributed by atoms with Crippen LogP contribution in [0.25, 0.3) is 6.08 Å². The number of rotatable bonds is 5. The van der Waals surface area contributed by atoms with Gasteiger partial charge in [0.1, 0.15) is 0 Å². The summed E-state index contributed by atoms with van der Waals surface area (Å²) >= 11 is 9.29. The van der Waals surface area contributed by atoms with Crippen LogP contribution in [0.3, 0.4) is 0 Å². The maximum absolute atomic E-state index is 11.7. The second-order valence-electron chi connectivity index (χ2n) is 4.56. The molecule has 4 heteroatoms. The summed E-state index contributed by atoms with van der Waals surface area (Å²) in [6, 6.07) is 15.4. The molecule has 2 aromatic rings. The molecular weight excluding hydrogens is 350 g/mol. The third kappa shape index (κ3) is 5.74. The summed E-state index contributed by atoms with van der Waals surface area (Å²) in [5.74, 6) is -0.0973. The van der Waals surface area contributed by atoms with Gasteiger partial charge in [-0.2, -0.15) is 0 Å². The highest BCUT2D eigenvalue weighted by molar-refractivity contribution is 9.10. The number of amides is 1. The number of carbonyl (C=O) groups is 1. The van der Waals surface area contributed by atoms with E-state index in [1.807, 2.05) is 48.5 Å². The highest BCUT2D eigenvalue weighted by Gasteiger charge is 1.97. The fourth-order valence-electron chi connectivity index (χ4n) is 1.83. The van der Waals surface area contributed by atoms with E-state index in [0.29, 0.717) is 11.6 Å². The molecule has 21 heavy (non-hydrogen) atoms. The number of hydrogen-bond acceptors (Lipinski definition) is 1. The Morgan fingerprint density at radius 3 is 2.67 bits per heavy atom. The molecule has 0 fully saturated rings. The molecule has 0 atom stereocenters. The molecule has 0 saturated heterocycles. The summed E-state index contributed by atoms with van der Waals surface area (Å²) in [6.07, 6.45) is 4.10. The molecule has 0 aliphatic carbocycles. The van der Waals surface area contributed by atoms with E-state index in [9.17, 15) is 4.79 Å². The van der Waals surface area contributed by atoms with Crippen molar-refractivity contribution < 1.29 is 4.79 Å². The van der Waals surface area contributed by atoms with E-state index in [-0.39, 0.29) is 5.91 Å². The molecule has 0 bridgehead atoms. The molecule has 0 aliphatic heterocycles. The largest absolute Gasteiger partial charge is 0.352 e. The Kier molecular flexibility index (Phi) is 6.03. The van der Waals surface area contributed by atoms with Gasteiger partial charge in [-0.1, -0.05) is 51.8 Å². The summed E-state index contributed by atoms with van der Waals surface area (Å²) in [4.78, 5) is 11.7. The van der Waals surface area contributed by atoms with Gasteiger partial charge in [-0.15, -0.1) is 0 Å². The first-order valence-corrected chi connectivity index (χ1v) is 7.76. The number of hydrogen-bond donors (Lipinski definition) is 1. The van der Waals surface area contributed by atoms with Gasteiger partial charge < -0.3 is 5.32 Å². The van der Waals surface area contributed by atoms with Crippen molar-refractivity contribution >= 4 is 39.5 Å². The normalized spacial score (nSPS) is 10.8. The number of carbonyl (C=O) groups excluding carboxylic acids is 1. The van der Waals surface area contributed by atoms with Crippen molar-refractivity contribution in [2.45, 2.75) is 6.42 Å². The smallest absolute Gasteiger partial charge is 0.244 e. The SMILES string of the molecule is O=C(/C=C\c1ccc(Br)cc1)NCCc1cccc(Cl)c1. The molecule has 2 rings (SSSR count). The van der Waals surface area contributed by atoms with Crippen LogP contribution < -0.4 is 5.32 Å². The lowest BCUT2D eigenvalue weighted by Crippen LogP contribution is -2.23. The average molecular weight is 365 g/mol. The molecule has 1 amide bonds. The summed E-state index contributed by atoms with van der Waals surface area (Å²) in [5.41, 5.74) is 2.10. The molecule has 2 nitrogen and oxygen atoms in total. The lowest BCUT2D eigenvalue weighted by molar-refractivity contribution is -0.116. The first-order chi connectivity index (χ1) is 10.1. The average Bonchev–Trinajstić information content (AvgIpc) is 2.47. The van der Waals surface area contributed by atoms with Crippen LogP contribution in [0.1, 0.15) is 11.1 Å². The zero-order chi connectivity index (χ0) is 15.1. The van der Waals surface area contributed by atoms with Gasteiger partial charge in [0.15, 0.2) is 0 Å². The van der Waals surface area contributed by atoms with Crippen LogP contribution in [0.4, 0.5) is 0 Å². The van der Waals surface area contributed by atoms with Crippen LogP contribution >= 0.6 is 27.5 Å². The van der Waals surface area contributed by atoms with E-state index in [2.05, 4.69) is 21.2 Å². The second kappa shape index (κ2) is 8.01. The second-order valence-corrected chi connectivity index (χ2v) is 5.91. The van der Waals surface area contributed by atoms with Crippen molar-refractivity contribution in [3.63, 3.8) is 0 Å². The first-order valence-electron chi connectivity index (χ1n) is 6.59. The topological polar surface area (TPSA) is 29.1 Å². The molecule has 0 aromatic heterocycles. The summed E-state index contributed by atoms with van der Waals surface area (Å²) in [6.45, 7) is 0.587. The zero-order valence-electron chi connectivity index (χ0n) is 11.4. The third-order valence-electron chi connectivity index (χ3n) is 2.90. The fraction of sp³-hybridized carbons (Fsp3) is 0.118. The molecule has 2 aromatic carbocycles. The Morgan fingerprint density at radius 2 is 1.95 bits per heavy atom. The van der Waals surface area contributed by atoms with Crippen molar-refractivity contribution in [2.24, 2.45) is 0 Å². The Bertz CT molecular complexity index is 637. The van der Waals surface area contributed by atoms with Gasteiger partial charge in [-0.05, 0) is 47.9 Å². The molecule has 0 saturated carbocycles. The van der Waals surface area contributed by atoms with Crippen molar-refractivity contribution in [3.05, 3.63) is 75.2 Å². The van der Waals surface area contributed by atoms with E-state index in [1.165, 1.54) is 0 Å². The van der Waals surface area contributed by atoms with Gasteiger partial charge in [-0.3, -0.25) is 4.79 Å². The molecule has 0 spiro atoms. The fourth-order valence-corrected chi connectivity index (χ4v) is 2.30. The van der Waals surface area contributed by atoms with E-state index in [1.54, 1.807) is 12.2 Å². The van der Waals surface area contributed by atoms with E-state index in [4.69, 9.17) is 11.6 Å². The standard InChI is InChI=1S/C17H15BrClNO/c18-15-7-4-13(5-8-15)6-9-17(21)20-11-10-14-2-1-3-16(19)12-14/h1-9,12H,10-11H2,(H,20,21)/b9-6-. The maximum Gasteiger partial charge on any atom is 0.244 e. The van der Waals surface area contributed by atoms with Gasteiger partial charge in [0.05, 0.1) is 0 Å². The van der Waals surface area contributed by atoms with Crippen LogP contribution in [0.5, 0.6) is 0 Å². The molecule has 0 heterocycles. The van der Waals surface area contributed by atoms with Gasteiger partial charge in [0.2, 0.25) is 5.91 Å². The predicted octanol–water partition coefficient (Wildman–Crippen LogP) is 4.47. The van der Waals surface area contributed by atoms with Gasteiger partial charge >= 0.3 is 0 Å². The van der Waals surface area contributed by atoms with Gasteiger partial charge in [0.25, 0.3) is 0 Å². The van der Waals surface area contributed by atoms with Crippen molar-refractivity contribution in [1.82, 2.24) is 5.32 Å². The lowest BCUT2D eigenvalue weighted by atomic mass is 10.1. The van der Waals surface area contributed by atoms with Crippen molar-refractivity contribution in [3.8, 4) is 0 Å². The molecule has 108 valence electrons. The Balaban J connectivity index is 1.78. The Morgan fingerprint density at radius 1 is 1.19 bits per heavy atom. The van der Waals surface area contributed by atoms with Crippen LogP contribution in [0.15, 0.2) is 59.1 Å². The predicted molar refractivity (Wildman–Crippen MR) is 91.3 cm³/mol. The molecule has 0 aliphatic rings. The number of halogens is 2. The Hall–Kier alpha value is -1.58. The highest BCUT2D eigenvalue weighted by atomic mass is 79.9. The molecule has 0 unspecified atom stereocenters. The quantitative estimate of drug-likeness (QED) is 0.779. The maximum atomic E-state index is 11.7. The van der Waals surface area contributed by atoms with Crippen LogP contribution in [-0.2, 0) is 11.2 Å². The van der Waals surface area contributed by atoms with Crippen LogP contribution in [-0.4, -0.2) is 12.5 Å². The summed E-state index contributed by atoms with van der Waals surface area (Å²) in [5, 5.41) is 3.57. The van der Waals surface area contributed by atoms with E-state index < -0.39 is 0 Å². The summed E-state index contributed by atoms with van der Waals surface area (Å²) in [7, 11) is 0. The van der Waals surface area contributed by atoms with Crippen LogP contribution in [0.2, 0.25) is 5.02 Å². The molecule has 0 radical (unpaired) electrons. The van der Waals surface area contributed by atoms with E-state index in [0.717, 1.165) is 22.0 Å². The summed E-state index contributed by atoms with van der Waals surface area (Å²) < 4.78 is 1.02. The highest BCUT2D eigenvalue weighted by Crippen LogP contribution is 2.12.